The third kappa shape index (κ3) is 2.92. The van der Waals surface area contributed by atoms with Crippen LogP contribution in [-0.4, -0.2) is 19.4 Å². The molecule has 0 saturated heterocycles. The molecule has 0 bridgehead atoms. The van der Waals surface area contributed by atoms with Crippen molar-refractivity contribution in [3.63, 3.8) is 0 Å². The number of carbonyl (C=O) groups excluding carboxylic acids is 1. The number of fused-ring (bicyclic) bond motifs is 1. The highest BCUT2D eigenvalue weighted by molar-refractivity contribution is 6.00. The van der Waals surface area contributed by atoms with Gasteiger partial charge in [0.1, 0.15) is 5.75 Å². The maximum absolute atomic E-state index is 12.5. The first-order valence-corrected chi connectivity index (χ1v) is 7.28. The zero-order chi connectivity index (χ0) is 14.7. The molecule has 0 saturated carbocycles. The average Bonchev–Trinajstić information content (AvgIpc) is 2.55. The van der Waals surface area contributed by atoms with E-state index in [1.54, 1.807) is 7.11 Å². The summed E-state index contributed by atoms with van der Waals surface area (Å²) in [5.74, 6) is 1.16. The number of carbonyl (C=O) groups is 1. The molecular formula is C18H19NO2. The van der Waals surface area contributed by atoms with Gasteiger partial charge in [0.05, 0.1) is 7.11 Å². The Balaban J connectivity index is 1.65. The van der Waals surface area contributed by atoms with Crippen molar-refractivity contribution in [3.05, 3.63) is 59.7 Å². The number of aryl methyl sites for hydroxylation is 1. The number of hydrogen-bond donors (Lipinski definition) is 1. The van der Waals surface area contributed by atoms with Crippen LogP contribution in [0.4, 0.5) is 5.69 Å². The Morgan fingerprint density at radius 2 is 1.90 bits per heavy atom. The number of rotatable bonds is 4. The van der Waals surface area contributed by atoms with Gasteiger partial charge in [0.2, 0.25) is 0 Å². The lowest BCUT2D eigenvalue weighted by atomic mass is 9.83. The molecule has 1 aliphatic rings. The van der Waals surface area contributed by atoms with Crippen LogP contribution >= 0.6 is 0 Å². The normalized spacial score (nSPS) is 17.2. The number of methoxy groups -OCH3 is 1. The number of anilines is 1. The van der Waals surface area contributed by atoms with Crippen LogP contribution in [0, 0.1) is 5.92 Å². The van der Waals surface area contributed by atoms with E-state index in [-0.39, 0.29) is 11.7 Å². The molecule has 0 aliphatic heterocycles. The summed E-state index contributed by atoms with van der Waals surface area (Å²) >= 11 is 0. The van der Waals surface area contributed by atoms with Crippen molar-refractivity contribution in [3.8, 4) is 5.75 Å². The molecule has 1 N–H and O–H groups in total. The van der Waals surface area contributed by atoms with E-state index >= 15 is 0 Å². The van der Waals surface area contributed by atoms with Crippen molar-refractivity contribution < 1.29 is 9.53 Å². The van der Waals surface area contributed by atoms with Gasteiger partial charge in [-0.3, -0.25) is 4.79 Å². The smallest absolute Gasteiger partial charge is 0.167 e. The van der Waals surface area contributed by atoms with Gasteiger partial charge in [-0.25, -0.2) is 0 Å². The molecule has 21 heavy (non-hydrogen) atoms. The Kier molecular flexibility index (Phi) is 3.91. The van der Waals surface area contributed by atoms with Crippen LogP contribution in [-0.2, 0) is 6.42 Å². The molecule has 0 heterocycles. The summed E-state index contributed by atoms with van der Waals surface area (Å²) in [6, 6.07) is 15.7. The highest BCUT2D eigenvalue weighted by Gasteiger charge is 2.26. The Hall–Kier alpha value is -2.29. The van der Waals surface area contributed by atoms with Gasteiger partial charge in [-0.05, 0) is 42.7 Å². The molecule has 2 aromatic carbocycles. The topological polar surface area (TPSA) is 38.3 Å². The summed E-state index contributed by atoms with van der Waals surface area (Å²) in [7, 11) is 1.65. The molecule has 0 fully saturated rings. The first kappa shape index (κ1) is 13.7. The van der Waals surface area contributed by atoms with E-state index in [1.165, 1.54) is 5.56 Å². The molecule has 3 heteroatoms. The quantitative estimate of drug-likeness (QED) is 0.931. The second kappa shape index (κ2) is 6.00. The minimum atomic E-state index is 0.0574. The van der Waals surface area contributed by atoms with Gasteiger partial charge in [0.25, 0.3) is 0 Å². The SMILES string of the molecule is COc1ccc(NC[C@H]2CCc3ccccc3C2=O)cc1. The van der Waals surface area contributed by atoms with Gasteiger partial charge in [-0.2, -0.15) is 0 Å². The summed E-state index contributed by atoms with van der Waals surface area (Å²) in [4.78, 5) is 12.5. The minimum absolute atomic E-state index is 0.0574. The van der Waals surface area contributed by atoms with Crippen molar-refractivity contribution in [2.24, 2.45) is 5.92 Å². The summed E-state index contributed by atoms with van der Waals surface area (Å²) in [5.41, 5.74) is 3.09. The largest absolute Gasteiger partial charge is 0.497 e. The number of ether oxygens (including phenoxy) is 1. The van der Waals surface area contributed by atoms with Crippen molar-refractivity contribution in [1.29, 1.82) is 0 Å². The van der Waals surface area contributed by atoms with Crippen LogP contribution in [0.3, 0.4) is 0 Å². The van der Waals surface area contributed by atoms with Gasteiger partial charge in [-0.1, -0.05) is 24.3 Å². The Morgan fingerprint density at radius 3 is 2.67 bits per heavy atom. The number of ketones is 1. The predicted octanol–water partition coefficient (Wildman–Crippen LogP) is 3.55. The van der Waals surface area contributed by atoms with Crippen LogP contribution in [0.5, 0.6) is 5.75 Å². The van der Waals surface area contributed by atoms with E-state index in [1.807, 2.05) is 42.5 Å². The highest BCUT2D eigenvalue weighted by atomic mass is 16.5. The zero-order valence-corrected chi connectivity index (χ0v) is 12.1. The molecule has 3 rings (SSSR count). The number of benzene rings is 2. The average molecular weight is 281 g/mol. The van der Waals surface area contributed by atoms with Gasteiger partial charge < -0.3 is 10.1 Å². The fraction of sp³-hybridized carbons (Fsp3) is 0.278. The predicted molar refractivity (Wildman–Crippen MR) is 84.1 cm³/mol. The molecular weight excluding hydrogens is 262 g/mol. The first-order valence-electron chi connectivity index (χ1n) is 7.28. The van der Waals surface area contributed by atoms with Gasteiger partial charge in [0, 0.05) is 23.7 Å². The van der Waals surface area contributed by atoms with Crippen molar-refractivity contribution in [2.75, 3.05) is 19.0 Å². The Bertz CT molecular complexity index is 634. The molecule has 108 valence electrons. The van der Waals surface area contributed by atoms with Gasteiger partial charge >= 0.3 is 0 Å². The lowest BCUT2D eigenvalue weighted by Gasteiger charge is -2.23. The second-order valence-corrected chi connectivity index (χ2v) is 5.37. The second-order valence-electron chi connectivity index (χ2n) is 5.37. The van der Waals surface area contributed by atoms with Crippen molar-refractivity contribution >= 4 is 11.5 Å². The van der Waals surface area contributed by atoms with E-state index in [0.29, 0.717) is 6.54 Å². The van der Waals surface area contributed by atoms with E-state index in [0.717, 1.165) is 29.8 Å². The van der Waals surface area contributed by atoms with Crippen LogP contribution in [0.25, 0.3) is 0 Å². The molecule has 0 radical (unpaired) electrons. The maximum atomic E-state index is 12.5. The lowest BCUT2D eigenvalue weighted by Crippen LogP contribution is -2.28. The molecule has 0 unspecified atom stereocenters. The molecule has 1 aliphatic carbocycles. The van der Waals surface area contributed by atoms with Crippen molar-refractivity contribution in [2.45, 2.75) is 12.8 Å². The number of Topliss-reactive ketones (excluding diaryl/α,β-unsaturated/α-hetero) is 1. The fourth-order valence-corrected chi connectivity index (χ4v) is 2.80. The van der Waals surface area contributed by atoms with E-state index in [2.05, 4.69) is 11.4 Å². The summed E-state index contributed by atoms with van der Waals surface area (Å²) in [6.07, 6.45) is 1.90. The van der Waals surface area contributed by atoms with Crippen LogP contribution in [0.1, 0.15) is 22.3 Å². The maximum Gasteiger partial charge on any atom is 0.167 e. The third-order valence-corrected chi connectivity index (χ3v) is 4.06. The van der Waals surface area contributed by atoms with E-state index in [4.69, 9.17) is 4.74 Å². The van der Waals surface area contributed by atoms with E-state index < -0.39 is 0 Å². The van der Waals surface area contributed by atoms with Crippen LogP contribution < -0.4 is 10.1 Å². The third-order valence-electron chi connectivity index (χ3n) is 4.06. The lowest BCUT2D eigenvalue weighted by molar-refractivity contribution is 0.0910. The van der Waals surface area contributed by atoms with Crippen molar-refractivity contribution in [1.82, 2.24) is 0 Å². The number of hydrogen-bond acceptors (Lipinski definition) is 3. The molecule has 0 aromatic heterocycles. The van der Waals surface area contributed by atoms with Gasteiger partial charge in [0.15, 0.2) is 5.78 Å². The Morgan fingerprint density at radius 1 is 1.14 bits per heavy atom. The summed E-state index contributed by atoms with van der Waals surface area (Å²) in [6.45, 7) is 0.680. The monoisotopic (exact) mass is 281 g/mol. The molecule has 1 atom stereocenters. The molecule has 0 amide bonds. The number of nitrogens with one attached hydrogen (secondary N) is 1. The zero-order valence-electron chi connectivity index (χ0n) is 12.1. The highest BCUT2D eigenvalue weighted by Crippen LogP contribution is 2.26. The van der Waals surface area contributed by atoms with E-state index in [9.17, 15) is 4.79 Å². The first-order chi connectivity index (χ1) is 10.3. The van der Waals surface area contributed by atoms with Crippen LogP contribution in [0.15, 0.2) is 48.5 Å². The van der Waals surface area contributed by atoms with Gasteiger partial charge in [-0.15, -0.1) is 0 Å². The fourth-order valence-electron chi connectivity index (χ4n) is 2.80. The standard InChI is InChI=1S/C18H19NO2/c1-21-16-10-8-15(9-11-16)19-12-14-7-6-13-4-2-3-5-17(13)18(14)20/h2-5,8-11,14,19H,6-7,12H2,1H3/t14-/m1/s1. The molecule has 2 aromatic rings. The molecule has 3 nitrogen and oxygen atoms in total. The summed E-state index contributed by atoms with van der Waals surface area (Å²) < 4.78 is 5.14. The summed E-state index contributed by atoms with van der Waals surface area (Å²) in [5, 5.41) is 3.35. The van der Waals surface area contributed by atoms with Crippen LogP contribution in [0.2, 0.25) is 0 Å². The Labute approximate surface area is 124 Å². The minimum Gasteiger partial charge on any atom is -0.497 e. The molecule has 0 spiro atoms.